The van der Waals surface area contributed by atoms with Crippen molar-refractivity contribution in [2.45, 2.75) is 38.6 Å². The van der Waals surface area contributed by atoms with Crippen molar-refractivity contribution in [1.29, 1.82) is 0 Å². The van der Waals surface area contributed by atoms with E-state index in [-0.39, 0.29) is 24.3 Å². The number of nitrogens with one attached hydrogen (secondary N) is 1. The summed E-state index contributed by atoms with van der Waals surface area (Å²) in [5, 5.41) is 2.96. The Balaban J connectivity index is 1.51. The fraction of sp³-hybridized carbons (Fsp3) is 0.381. The van der Waals surface area contributed by atoms with E-state index in [1.807, 2.05) is 0 Å². The molecule has 1 N–H and O–H groups in total. The van der Waals surface area contributed by atoms with Crippen LogP contribution in [0.3, 0.4) is 0 Å². The topological polar surface area (TPSA) is 85.6 Å². The van der Waals surface area contributed by atoms with Gasteiger partial charge in [0.25, 0.3) is 5.91 Å². The first-order chi connectivity index (χ1) is 13.1. The fourth-order valence-electron chi connectivity index (χ4n) is 3.34. The van der Waals surface area contributed by atoms with Gasteiger partial charge in [0.15, 0.2) is 18.7 Å². The Labute approximate surface area is 157 Å². The fourth-order valence-corrected chi connectivity index (χ4v) is 3.34. The van der Waals surface area contributed by atoms with Gasteiger partial charge in [-0.2, -0.15) is 0 Å². The standard InChI is InChI=1S/C21H23NO5/c1-14-4-2-3-5-18(14)22-20(24)13-26-21(25)16-8-6-15(7-9-16)19-11-10-17(12-23)27-19/h6-12,14,18H,2-5,13H2,1H3,(H,22,24)/t14-,18+/m1/s1. The summed E-state index contributed by atoms with van der Waals surface area (Å²) in [4.78, 5) is 34.8. The molecule has 6 nitrogen and oxygen atoms in total. The van der Waals surface area contributed by atoms with Crippen LogP contribution in [0.1, 0.15) is 53.5 Å². The minimum atomic E-state index is -0.554. The molecule has 1 aromatic heterocycles. The third-order valence-corrected chi connectivity index (χ3v) is 4.94. The lowest BCUT2D eigenvalue weighted by Crippen LogP contribution is -2.42. The third-order valence-electron chi connectivity index (χ3n) is 4.94. The van der Waals surface area contributed by atoms with Crippen molar-refractivity contribution in [3.63, 3.8) is 0 Å². The van der Waals surface area contributed by atoms with E-state index in [2.05, 4.69) is 12.2 Å². The number of hydrogen-bond donors (Lipinski definition) is 1. The van der Waals surface area contributed by atoms with E-state index in [4.69, 9.17) is 9.15 Å². The number of benzene rings is 1. The minimum Gasteiger partial charge on any atom is -0.453 e. The lowest BCUT2D eigenvalue weighted by atomic mass is 9.86. The molecule has 0 saturated heterocycles. The molecular formula is C21H23NO5. The lowest BCUT2D eigenvalue weighted by molar-refractivity contribution is -0.125. The van der Waals surface area contributed by atoms with Gasteiger partial charge in [-0.15, -0.1) is 0 Å². The highest BCUT2D eigenvalue weighted by atomic mass is 16.5. The maximum absolute atomic E-state index is 12.1. The van der Waals surface area contributed by atoms with Crippen LogP contribution < -0.4 is 5.32 Å². The summed E-state index contributed by atoms with van der Waals surface area (Å²) in [5.74, 6) is 0.411. The van der Waals surface area contributed by atoms with Crippen molar-refractivity contribution < 1.29 is 23.5 Å². The number of ether oxygens (including phenoxy) is 1. The van der Waals surface area contributed by atoms with Crippen molar-refractivity contribution >= 4 is 18.2 Å². The summed E-state index contributed by atoms with van der Waals surface area (Å²) in [7, 11) is 0. The molecule has 1 aliphatic carbocycles. The highest BCUT2D eigenvalue weighted by Gasteiger charge is 2.23. The molecule has 1 amide bonds. The number of furan rings is 1. The minimum absolute atomic E-state index is 0.161. The van der Waals surface area contributed by atoms with Crippen LogP contribution in [-0.2, 0) is 9.53 Å². The van der Waals surface area contributed by atoms with Crippen molar-refractivity contribution in [2.24, 2.45) is 5.92 Å². The predicted molar refractivity (Wildman–Crippen MR) is 99.4 cm³/mol. The van der Waals surface area contributed by atoms with Crippen LogP contribution in [0.2, 0.25) is 0 Å². The van der Waals surface area contributed by atoms with Crippen molar-refractivity contribution in [1.82, 2.24) is 5.32 Å². The van der Waals surface area contributed by atoms with Gasteiger partial charge in [0, 0.05) is 11.6 Å². The van der Waals surface area contributed by atoms with Crippen LogP contribution in [0, 0.1) is 5.92 Å². The first-order valence-corrected chi connectivity index (χ1v) is 9.19. The summed E-state index contributed by atoms with van der Waals surface area (Å²) >= 11 is 0. The molecule has 1 fully saturated rings. The highest BCUT2D eigenvalue weighted by Crippen LogP contribution is 2.24. The maximum Gasteiger partial charge on any atom is 0.338 e. The molecule has 2 atom stereocenters. The average molecular weight is 369 g/mol. The van der Waals surface area contributed by atoms with Crippen LogP contribution in [0.15, 0.2) is 40.8 Å². The molecule has 2 aromatic rings. The smallest absolute Gasteiger partial charge is 0.338 e. The molecule has 27 heavy (non-hydrogen) atoms. The van der Waals surface area contributed by atoms with Crippen LogP contribution in [0.4, 0.5) is 0 Å². The number of rotatable bonds is 6. The van der Waals surface area contributed by atoms with Gasteiger partial charge >= 0.3 is 5.97 Å². The largest absolute Gasteiger partial charge is 0.453 e. The van der Waals surface area contributed by atoms with Crippen LogP contribution in [0.5, 0.6) is 0 Å². The summed E-state index contributed by atoms with van der Waals surface area (Å²) in [5.41, 5.74) is 1.09. The molecule has 142 valence electrons. The monoisotopic (exact) mass is 369 g/mol. The molecule has 1 aromatic carbocycles. The van der Waals surface area contributed by atoms with Gasteiger partial charge < -0.3 is 14.5 Å². The molecule has 1 aliphatic rings. The summed E-state index contributed by atoms with van der Waals surface area (Å²) in [6, 6.07) is 10.0. The second-order valence-electron chi connectivity index (χ2n) is 6.91. The normalized spacial score (nSPS) is 19.3. The second-order valence-corrected chi connectivity index (χ2v) is 6.91. The molecule has 0 aliphatic heterocycles. The van der Waals surface area contributed by atoms with E-state index in [9.17, 15) is 14.4 Å². The van der Waals surface area contributed by atoms with E-state index < -0.39 is 5.97 Å². The molecule has 0 bridgehead atoms. The first-order valence-electron chi connectivity index (χ1n) is 9.19. The van der Waals surface area contributed by atoms with E-state index in [0.29, 0.717) is 23.5 Å². The van der Waals surface area contributed by atoms with Crippen molar-refractivity contribution in [3.05, 3.63) is 47.7 Å². The summed E-state index contributed by atoms with van der Waals surface area (Å²) in [6.45, 7) is 1.85. The number of amides is 1. The Kier molecular flexibility index (Phi) is 6.06. The van der Waals surface area contributed by atoms with Gasteiger partial charge in [0.05, 0.1) is 5.56 Å². The Bertz CT molecular complexity index is 808. The number of carbonyl (C=O) groups is 3. The number of esters is 1. The van der Waals surface area contributed by atoms with Gasteiger partial charge in [-0.3, -0.25) is 9.59 Å². The van der Waals surface area contributed by atoms with Crippen molar-refractivity contribution in [3.8, 4) is 11.3 Å². The van der Waals surface area contributed by atoms with E-state index in [1.54, 1.807) is 36.4 Å². The van der Waals surface area contributed by atoms with Gasteiger partial charge in [0.1, 0.15) is 5.76 Å². The molecule has 6 heteroatoms. The van der Waals surface area contributed by atoms with E-state index in [0.717, 1.165) is 24.8 Å². The Morgan fingerprint density at radius 2 is 1.89 bits per heavy atom. The molecule has 0 radical (unpaired) electrons. The summed E-state index contributed by atoms with van der Waals surface area (Å²) < 4.78 is 10.5. The SMILES string of the molecule is C[C@@H]1CCCC[C@@H]1NC(=O)COC(=O)c1ccc(-c2ccc(C=O)o2)cc1. The van der Waals surface area contributed by atoms with Gasteiger partial charge in [0.2, 0.25) is 0 Å². The zero-order valence-electron chi connectivity index (χ0n) is 15.3. The molecular weight excluding hydrogens is 346 g/mol. The second kappa shape index (κ2) is 8.66. The quantitative estimate of drug-likeness (QED) is 0.621. The number of aldehydes is 1. The van der Waals surface area contributed by atoms with Crippen LogP contribution in [0.25, 0.3) is 11.3 Å². The number of carbonyl (C=O) groups excluding carboxylic acids is 3. The van der Waals surface area contributed by atoms with Gasteiger partial charge in [-0.1, -0.05) is 31.9 Å². The molecule has 1 heterocycles. The average Bonchev–Trinajstić information content (AvgIpc) is 3.17. The number of hydrogen-bond acceptors (Lipinski definition) is 5. The molecule has 0 spiro atoms. The Hall–Kier alpha value is -2.89. The zero-order chi connectivity index (χ0) is 19.2. The van der Waals surface area contributed by atoms with Gasteiger partial charge in [-0.05, 0) is 43.0 Å². The first kappa shape index (κ1) is 18.9. The van der Waals surface area contributed by atoms with Gasteiger partial charge in [-0.25, -0.2) is 4.79 Å². The molecule has 0 unspecified atom stereocenters. The zero-order valence-corrected chi connectivity index (χ0v) is 15.3. The summed E-state index contributed by atoms with van der Waals surface area (Å²) in [6.07, 6.45) is 5.04. The highest BCUT2D eigenvalue weighted by molar-refractivity contribution is 5.91. The third kappa shape index (κ3) is 4.84. The van der Waals surface area contributed by atoms with Crippen LogP contribution >= 0.6 is 0 Å². The van der Waals surface area contributed by atoms with E-state index in [1.165, 1.54) is 6.42 Å². The lowest BCUT2D eigenvalue weighted by Gasteiger charge is -2.29. The van der Waals surface area contributed by atoms with Crippen LogP contribution in [-0.4, -0.2) is 30.8 Å². The Morgan fingerprint density at radius 3 is 2.56 bits per heavy atom. The van der Waals surface area contributed by atoms with E-state index >= 15 is 0 Å². The predicted octanol–water partition coefficient (Wildman–Crippen LogP) is 3.61. The molecule has 1 saturated carbocycles. The maximum atomic E-state index is 12.1. The Morgan fingerprint density at radius 1 is 1.15 bits per heavy atom. The van der Waals surface area contributed by atoms with Crippen molar-refractivity contribution in [2.75, 3.05) is 6.61 Å². The molecule has 3 rings (SSSR count).